The summed E-state index contributed by atoms with van der Waals surface area (Å²) in [6, 6.07) is 0. The van der Waals surface area contributed by atoms with Crippen LogP contribution in [0.4, 0.5) is 0 Å². The second-order valence-electron chi connectivity index (χ2n) is 6.90. The van der Waals surface area contributed by atoms with Crippen molar-refractivity contribution in [1.29, 1.82) is 0 Å². The number of piperidine rings is 2. The summed E-state index contributed by atoms with van der Waals surface area (Å²) in [6.45, 7) is 11.3. The summed E-state index contributed by atoms with van der Waals surface area (Å²) in [5, 5.41) is 3.46. The molecule has 0 spiro atoms. The van der Waals surface area contributed by atoms with E-state index in [1.807, 2.05) is 0 Å². The Labute approximate surface area is 114 Å². The van der Waals surface area contributed by atoms with Gasteiger partial charge in [-0.25, -0.2) is 0 Å². The molecule has 0 bridgehead atoms. The highest BCUT2D eigenvalue weighted by Crippen LogP contribution is 2.25. The molecule has 1 N–H and O–H groups in total. The van der Waals surface area contributed by atoms with Crippen LogP contribution in [0.3, 0.4) is 0 Å². The first-order valence-corrected chi connectivity index (χ1v) is 8.17. The summed E-state index contributed by atoms with van der Waals surface area (Å²) in [7, 11) is 0. The Morgan fingerprint density at radius 3 is 2.28 bits per heavy atom. The van der Waals surface area contributed by atoms with E-state index >= 15 is 0 Å². The van der Waals surface area contributed by atoms with E-state index in [0.29, 0.717) is 0 Å². The Kier molecular flexibility index (Phi) is 5.97. The summed E-state index contributed by atoms with van der Waals surface area (Å²) in [4.78, 5) is 2.72. The van der Waals surface area contributed by atoms with Crippen molar-refractivity contribution in [3.63, 3.8) is 0 Å². The second-order valence-corrected chi connectivity index (χ2v) is 6.90. The number of hydrogen-bond donors (Lipinski definition) is 1. The van der Waals surface area contributed by atoms with Gasteiger partial charge in [-0.2, -0.15) is 0 Å². The van der Waals surface area contributed by atoms with Crippen molar-refractivity contribution in [2.75, 3.05) is 32.7 Å². The molecule has 0 unspecified atom stereocenters. The van der Waals surface area contributed by atoms with Crippen molar-refractivity contribution >= 4 is 0 Å². The van der Waals surface area contributed by atoms with Crippen LogP contribution in [0, 0.1) is 17.8 Å². The van der Waals surface area contributed by atoms with Crippen LogP contribution >= 0.6 is 0 Å². The zero-order valence-corrected chi connectivity index (χ0v) is 12.5. The van der Waals surface area contributed by atoms with Crippen LogP contribution in [0.5, 0.6) is 0 Å². The fourth-order valence-corrected chi connectivity index (χ4v) is 3.65. The fourth-order valence-electron chi connectivity index (χ4n) is 3.65. The summed E-state index contributed by atoms with van der Waals surface area (Å²) < 4.78 is 0. The van der Waals surface area contributed by atoms with Crippen molar-refractivity contribution < 1.29 is 0 Å². The Morgan fingerprint density at radius 1 is 1.00 bits per heavy atom. The zero-order valence-electron chi connectivity index (χ0n) is 12.5. The van der Waals surface area contributed by atoms with Crippen LogP contribution in [0.1, 0.15) is 52.4 Å². The standard InChI is InChI=1S/C16H32N2/c1-14(2)13-16-6-11-18(12-7-16)10-5-15-3-8-17-9-4-15/h14-17H,3-13H2,1-2H3. The number of nitrogens with one attached hydrogen (secondary N) is 1. The number of hydrogen-bond acceptors (Lipinski definition) is 2. The molecule has 2 nitrogen and oxygen atoms in total. The van der Waals surface area contributed by atoms with Gasteiger partial charge in [0.15, 0.2) is 0 Å². The van der Waals surface area contributed by atoms with Gasteiger partial charge < -0.3 is 10.2 Å². The minimum Gasteiger partial charge on any atom is -0.317 e. The third-order valence-electron chi connectivity index (χ3n) is 4.82. The molecule has 18 heavy (non-hydrogen) atoms. The lowest BCUT2D eigenvalue weighted by molar-refractivity contribution is 0.157. The molecule has 2 saturated heterocycles. The van der Waals surface area contributed by atoms with E-state index in [-0.39, 0.29) is 0 Å². The van der Waals surface area contributed by atoms with Gasteiger partial charge in [0.25, 0.3) is 0 Å². The third-order valence-corrected chi connectivity index (χ3v) is 4.82. The van der Waals surface area contributed by atoms with Gasteiger partial charge in [0.2, 0.25) is 0 Å². The highest BCUT2D eigenvalue weighted by molar-refractivity contribution is 4.75. The summed E-state index contributed by atoms with van der Waals surface area (Å²) in [6.07, 6.45) is 8.60. The third kappa shape index (κ3) is 4.89. The summed E-state index contributed by atoms with van der Waals surface area (Å²) >= 11 is 0. The molecule has 0 atom stereocenters. The van der Waals surface area contributed by atoms with Gasteiger partial charge in [-0.3, -0.25) is 0 Å². The normalized spacial score (nSPS) is 24.8. The van der Waals surface area contributed by atoms with Crippen LogP contribution < -0.4 is 5.32 Å². The predicted octanol–water partition coefficient (Wildman–Crippen LogP) is 3.13. The highest BCUT2D eigenvalue weighted by atomic mass is 15.1. The van der Waals surface area contributed by atoms with E-state index in [1.54, 1.807) is 0 Å². The molecule has 0 amide bonds. The lowest BCUT2D eigenvalue weighted by Gasteiger charge is -2.34. The van der Waals surface area contributed by atoms with Gasteiger partial charge >= 0.3 is 0 Å². The van der Waals surface area contributed by atoms with Gasteiger partial charge in [-0.05, 0) is 89.0 Å². The molecule has 106 valence electrons. The molecular weight excluding hydrogens is 220 g/mol. The first-order valence-electron chi connectivity index (χ1n) is 8.17. The molecule has 0 saturated carbocycles. The minimum atomic E-state index is 0.885. The number of nitrogens with zero attached hydrogens (tertiary/aromatic N) is 1. The van der Waals surface area contributed by atoms with Crippen LogP contribution in [0.2, 0.25) is 0 Å². The maximum atomic E-state index is 3.46. The van der Waals surface area contributed by atoms with Gasteiger partial charge in [0.05, 0.1) is 0 Å². The lowest BCUT2D eigenvalue weighted by atomic mass is 9.88. The Morgan fingerprint density at radius 2 is 1.67 bits per heavy atom. The van der Waals surface area contributed by atoms with Gasteiger partial charge in [-0.1, -0.05) is 13.8 Å². The summed E-state index contributed by atoms with van der Waals surface area (Å²) in [5.41, 5.74) is 0. The van der Waals surface area contributed by atoms with Crippen molar-refractivity contribution in [1.82, 2.24) is 10.2 Å². The van der Waals surface area contributed by atoms with Crippen LogP contribution in [0.15, 0.2) is 0 Å². The molecule has 2 heterocycles. The van der Waals surface area contributed by atoms with E-state index in [0.717, 1.165) is 17.8 Å². The maximum Gasteiger partial charge on any atom is -0.00161 e. The topological polar surface area (TPSA) is 15.3 Å². The molecule has 2 aliphatic heterocycles. The van der Waals surface area contributed by atoms with Crippen molar-refractivity contribution in [3.8, 4) is 0 Å². The van der Waals surface area contributed by atoms with Gasteiger partial charge in [0, 0.05) is 0 Å². The average molecular weight is 252 g/mol. The maximum absolute atomic E-state index is 3.46. The SMILES string of the molecule is CC(C)CC1CCN(CCC2CCNCC2)CC1. The smallest absolute Gasteiger partial charge is 0.00161 e. The molecule has 0 aromatic carbocycles. The van der Waals surface area contributed by atoms with E-state index < -0.39 is 0 Å². The Bertz CT molecular complexity index is 213. The van der Waals surface area contributed by atoms with E-state index in [2.05, 4.69) is 24.1 Å². The van der Waals surface area contributed by atoms with Crippen molar-refractivity contribution in [3.05, 3.63) is 0 Å². The highest BCUT2D eigenvalue weighted by Gasteiger charge is 2.21. The van der Waals surface area contributed by atoms with Gasteiger partial charge in [-0.15, -0.1) is 0 Å². The number of likely N-dealkylation sites (tertiary alicyclic amines) is 1. The first-order chi connectivity index (χ1) is 8.74. The van der Waals surface area contributed by atoms with Crippen LogP contribution in [-0.2, 0) is 0 Å². The monoisotopic (exact) mass is 252 g/mol. The van der Waals surface area contributed by atoms with Gasteiger partial charge in [0.1, 0.15) is 0 Å². The van der Waals surface area contributed by atoms with E-state index in [4.69, 9.17) is 0 Å². The fraction of sp³-hybridized carbons (Fsp3) is 1.00. The largest absolute Gasteiger partial charge is 0.317 e. The first kappa shape index (κ1) is 14.3. The second kappa shape index (κ2) is 7.49. The quantitative estimate of drug-likeness (QED) is 0.808. The average Bonchev–Trinajstić information content (AvgIpc) is 2.38. The molecule has 0 aliphatic carbocycles. The molecule has 0 aromatic heterocycles. The predicted molar refractivity (Wildman–Crippen MR) is 78.8 cm³/mol. The molecule has 2 aliphatic rings. The molecule has 0 radical (unpaired) electrons. The van der Waals surface area contributed by atoms with Crippen molar-refractivity contribution in [2.45, 2.75) is 52.4 Å². The molecule has 2 heteroatoms. The molecule has 2 fully saturated rings. The molecular formula is C16H32N2. The zero-order chi connectivity index (χ0) is 12.8. The molecule has 0 aromatic rings. The van der Waals surface area contributed by atoms with E-state index in [9.17, 15) is 0 Å². The van der Waals surface area contributed by atoms with E-state index in [1.165, 1.54) is 71.2 Å². The number of rotatable bonds is 5. The molecule has 2 rings (SSSR count). The van der Waals surface area contributed by atoms with Crippen LogP contribution in [-0.4, -0.2) is 37.6 Å². The Balaban J connectivity index is 1.58. The van der Waals surface area contributed by atoms with Crippen LogP contribution in [0.25, 0.3) is 0 Å². The minimum absolute atomic E-state index is 0.885. The lowest BCUT2D eigenvalue weighted by Crippen LogP contribution is -2.36. The summed E-state index contributed by atoms with van der Waals surface area (Å²) in [5.74, 6) is 2.90. The Hall–Kier alpha value is -0.0800. The van der Waals surface area contributed by atoms with Crippen molar-refractivity contribution in [2.24, 2.45) is 17.8 Å².